The van der Waals surface area contributed by atoms with Crippen molar-refractivity contribution < 1.29 is 14.6 Å². The highest BCUT2D eigenvalue weighted by Gasteiger charge is 2.17. The molecule has 0 radical (unpaired) electrons. The number of benzene rings is 1. The van der Waals surface area contributed by atoms with Crippen molar-refractivity contribution in [2.45, 2.75) is 26.4 Å². The first-order valence-corrected chi connectivity index (χ1v) is 7.44. The van der Waals surface area contributed by atoms with E-state index in [-0.39, 0.29) is 11.5 Å². The van der Waals surface area contributed by atoms with E-state index in [9.17, 15) is 9.90 Å². The van der Waals surface area contributed by atoms with Crippen molar-refractivity contribution in [3.8, 4) is 11.8 Å². The Labute approximate surface area is 127 Å². The van der Waals surface area contributed by atoms with Crippen LogP contribution in [-0.2, 0) is 13.0 Å². The minimum atomic E-state index is -0.981. The van der Waals surface area contributed by atoms with Crippen LogP contribution in [-0.4, -0.2) is 11.1 Å². The summed E-state index contributed by atoms with van der Waals surface area (Å²) in [4.78, 5) is 12.5. The highest BCUT2D eigenvalue weighted by molar-refractivity contribution is 7.14. The van der Waals surface area contributed by atoms with E-state index in [2.05, 4.69) is 6.07 Å². The van der Waals surface area contributed by atoms with Crippen LogP contribution in [0.25, 0.3) is 0 Å². The molecule has 0 unspecified atom stereocenters. The molecule has 0 fully saturated rings. The highest BCUT2D eigenvalue weighted by Crippen LogP contribution is 2.31. The molecule has 21 heavy (non-hydrogen) atoms. The number of ether oxygens (including phenoxy) is 1. The van der Waals surface area contributed by atoms with E-state index in [0.717, 1.165) is 23.3 Å². The average Bonchev–Trinajstić information content (AvgIpc) is 2.89. The quantitative estimate of drug-likeness (QED) is 0.879. The Morgan fingerprint density at radius 1 is 1.43 bits per heavy atom. The van der Waals surface area contributed by atoms with Crippen LogP contribution in [0.4, 0.5) is 0 Å². The van der Waals surface area contributed by atoms with E-state index in [1.807, 2.05) is 13.0 Å². The van der Waals surface area contributed by atoms with Gasteiger partial charge in [-0.05, 0) is 18.6 Å². The molecule has 0 spiro atoms. The van der Waals surface area contributed by atoms with Gasteiger partial charge in [0, 0.05) is 10.4 Å². The van der Waals surface area contributed by atoms with Crippen molar-refractivity contribution >= 4 is 17.3 Å². The third kappa shape index (κ3) is 3.61. The number of thiophene rings is 1. The molecule has 1 aromatic carbocycles. The van der Waals surface area contributed by atoms with Crippen LogP contribution >= 0.6 is 11.3 Å². The van der Waals surface area contributed by atoms with Crippen LogP contribution in [0.3, 0.4) is 0 Å². The van der Waals surface area contributed by atoms with Crippen molar-refractivity contribution in [1.29, 1.82) is 5.26 Å². The molecular weight excluding hydrogens is 286 g/mol. The monoisotopic (exact) mass is 301 g/mol. The van der Waals surface area contributed by atoms with Crippen molar-refractivity contribution in [2.24, 2.45) is 0 Å². The molecule has 0 saturated carbocycles. The van der Waals surface area contributed by atoms with Gasteiger partial charge in [0.2, 0.25) is 0 Å². The van der Waals surface area contributed by atoms with E-state index in [1.54, 1.807) is 24.3 Å². The van der Waals surface area contributed by atoms with Gasteiger partial charge in [-0.1, -0.05) is 31.5 Å². The number of nitriles is 1. The van der Waals surface area contributed by atoms with Gasteiger partial charge in [-0.25, -0.2) is 4.79 Å². The summed E-state index contributed by atoms with van der Waals surface area (Å²) in [6.45, 7) is 2.23. The Hall–Kier alpha value is -2.32. The van der Waals surface area contributed by atoms with Crippen LogP contribution in [0.15, 0.2) is 30.3 Å². The molecule has 4 nitrogen and oxygen atoms in total. The second-order valence-electron chi connectivity index (χ2n) is 4.52. The third-order valence-electron chi connectivity index (χ3n) is 2.96. The normalized spacial score (nSPS) is 10.1. The molecule has 0 saturated heterocycles. The molecule has 1 N–H and O–H groups in total. The standard InChI is InChI=1S/C16H15NO3S/c1-2-5-13-8-14(15(21-13)16(18)19)20-10-12-7-4-3-6-11(12)9-17/h3-4,6-8H,2,5,10H2,1H3,(H,18,19). The van der Waals surface area contributed by atoms with Gasteiger partial charge < -0.3 is 9.84 Å². The molecule has 5 heteroatoms. The van der Waals surface area contributed by atoms with Crippen molar-refractivity contribution in [2.75, 3.05) is 0 Å². The topological polar surface area (TPSA) is 70.3 Å². The number of carboxylic acids is 1. The summed E-state index contributed by atoms with van der Waals surface area (Å²) >= 11 is 1.25. The van der Waals surface area contributed by atoms with E-state index >= 15 is 0 Å². The second-order valence-corrected chi connectivity index (χ2v) is 5.66. The summed E-state index contributed by atoms with van der Waals surface area (Å²) in [6.07, 6.45) is 1.79. The Kier molecular flexibility index (Phi) is 4.96. The Morgan fingerprint density at radius 2 is 2.19 bits per heavy atom. The Morgan fingerprint density at radius 3 is 2.86 bits per heavy atom. The molecule has 0 amide bonds. The predicted octanol–water partition coefficient (Wildman–Crippen LogP) is 3.85. The minimum absolute atomic E-state index is 0.187. The molecule has 1 aromatic heterocycles. The third-order valence-corrected chi connectivity index (χ3v) is 4.12. The lowest BCUT2D eigenvalue weighted by Crippen LogP contribution is -2.01. The summed E-state index contributed by atoms with van der Waals surface area (Å²) in [5.74, 6) is -0.602. The molecule has 0 bridgehead atoms. The van der Waals surface area contributed by atoms with Crippen LogP contribution in [0.1, 0.15) is 39.0 Å². The number of carbonyl (C=O) groups is 1. The lowest BCUT2D eigenvalue weighted by molar-refractivity contribution is 0.0697. The second kappa shape index (κ2) is 6.91. The fourth-order valence-corrected chi connectivity index (χ4v) is 3.00. The molecule has 0 atom stereocenters. The minimum Gasteiger partial charge on any atom is -0.487 e. The maximum atomic E-state index is 11.3. The Balaban J connectivity index is 2.19. The smallest absolute Gasteiger partial charge is 0.349 e. The van der Waals surface area contributed by atoms with Crippen molar-refractivity contribution in [1.82, 2.24) is 0 Å². The first-order chi connectivity index (χ1) is 10.2. The zero-order valence-electron chi connectivity index (χ0n) is 11.6. The number of aryl methyl sites for hydroxylation is 1. The van der Waals surface area contributed by atoms with Crippen LogP contribution in [0.2, 0.25) is 0 Å². The van der Waals surface area contributed by atoms with Gasteiger partial charge in [-0.2, -0.15) is 5.26 Å². The largest absolute Gasteiger partial charge is 0.487 e. The molecule has 0 aliphatic heterocycles. The van der Waals surface area contributed by atoms with E-state index in [1.165, 1.54) is 11.3 Å². The zero-order valence-corrected chi connectivity index (χ0v) is 12.4. The number of rotatable bonds is 6. The molecule has 1 heterocycles. The average molecular weight is 301 g/mol. The zero-order chi connectivity index (χ0) is 15.2. The number of carboxylic acid groups (broad SMARTS) is 1. The summed E-state index contributed by atoms with van der Waals surface area (Å²) < 4.78 is 5.63. The SMILES string of the molecule is CCCc1cc(OCc2ccccc2C#N)c(C(=O)O)s1. The maximum Gasteiger partial charge on any atom is 0.349 e. The van der Waals surface area contributed by atoms with Gasteiger partial charge >= 0.3 is 5.97 Å². The van der Waals surface area contributed by atoms with Crippen molar-refractivity contribution in [3.05, 3.63) is 51.2 Å². The Bertz CT molecular complexity index is 685. The molecular formula is C16H15NO3S. The number of nitrogens with zero attached hydrogens (tertiary/aromatic N) is 1. The molecule has 108 valence electrons. The summed E-state index contributed by atoms with van der Waals surface area (Å²) in [5.41, 5.74) is 1.29. The number of hydrogen-bond acceptors (Lipinski definition) is 4. The molecule has 0 aliphatic carbocycles. The van der Waals surface area contributed by atoms with Gasteiger partial charge in [-0.15, -0.1) is 11.3 Å². The summed E-state index contributed by atoms with van der Waals surface area (Å²) in [6, 6.07) is 11.0. The maximum absolute atomic E-state index is 11.3. The predicted molar refractivity (Wildman–Crippen MR) is 80.8 cm³/mol. The van der Waals surface area contributed by atoms with Gasteiger partial charge in [0.1, 0.15) is 12.4 Å². The number of hydrogen-bond donors (Lipinski definition) is 1. The lowest BCUT2D eigenvalue weighted by Gasteiger charge is -2.06. The lowest BCUT2D eigenvalue weighted by atomic mass is 10.1. The molecule has 2 rings (SSSR count). The van der Waals surface area contributed by atoms with Crippen LogP contribution in [0.5, 0.6) is 5.75 Å². The van der Waals surface area contributed by atoms with E-state index < -0.39 is 5.97 Å². The van der Waals surface area contributed by atoms with E-state index in [4.69, 9.17) is 10.00 Å². The summed E-state index contributed by atoms with van der Waals surface area (Å²) in [7, 11) is 0. The fraction of sp³-hybridized carbons (Fsp3) is 0.250. The fourth-order valence-electron chi connectivity index (χ4n) is 1.96. The summed E-state index contributed by atoms with van der Waals surface area (Å²) in [5, 5.41) is 18.3. The highest BCUT2D eigenvalue weighted by atomic mass is 32.1. The van der Waals surface area contributed by atoms with Gasteiger partial charge in [-0.3, -0.25) is 0 Å². The molecule has 2 aromatic rings. The van der Waals surface area contributed by atoms with Gasteiger partial charge in [0.15, 0.2) is 4.88 Å². The van der Waals surface area contributed by atoms with Crippen LogP contribution in [0, 0.1) is 11.3 Å². The molecule has 0 aliphatic rings. The van der Waals surface area contributed by atoms with Gasteiger partial charge in [0.25, 0.3) is 0 Å². The van der Waals surface area contributed by atoms with Crippen LogP contribution < -0.4 is 4.74 Å². The van der Waals surface area contributed by atoms with E-state index in [0.29, 0.717) is 11.3 Å². The number of aromatic carboxylic acids is 1. The van der Waals surface area contributed by atoms with Gasteiger partial charge in [0.05, 0.1) is 11.6 Å². The first kappa shape index (κ1) is 15.1. The van der Waals surface area contributed by atoms with Crippen molar-refractivity contribution in [3.63, 3.8) is 0 Å². The first-order valence-electron chi connectivity index (χ1n) is 6.62.